The Bertz CT molecular complexity index is 773. The zero-order valence-electron chi connectivity index (χ0n) is 12.7. The monoisotopic (exact) mass is 338 g/mol. The summed E-state index contributed by atoms with van der Waals surface area (Å²) in [7, 11) is 0. The van der Waals surface area contributed by atoms with Gasteiger partial charge in [0.05, 0.1) is 23.1 Å². The van der Waals surface area contributed by atoms with Gasteiger partial charge < -0.3 is 10.6 Å². The van der Waals surface area contributed by atoms with Gasteiger partial charge in [-0.25, -0.2) is 4.98 Å². The summed E-state index contributed by atoms with van der Waals surface area (Å²) in [6.07, 6.45) is -2.21. The molecule has 0 aliphatic rings. The fraction of sp³-hybridized carbons (Fsp3) is 0.200. The lowest BCUT2D eigenvalue weighted by atomic mass is 10.1. The Kier molecular flexibility index (Phi) is 4.82. The third-order valence-electron chi connectivity index (χ3n) is 2.91. The van der Waals surface area contributed by atoms with Gasteiger partial charge in [0, 0.05) is 18.8 Å². The number of hydrogen-bond acceptors (Lipinski definition) is 4. The van der Waals surface area contributed by atoms with Crippen LogP contribution in [0.2, 0.25) is 0 Å². The number of rotatable bonds is 3. The van der Waals surface area contributed by atoms with Crippen molar-refractivity contribution in [3.05, 3.63) is 47.5 Å². The quantitative estimate of drug-likeness (QED) is 0.901. The first kappa shape index (κ1) is 17.4. The van der Waals surface area contributed by atoms with Crippen LogP contribution in [0.5, 0.6) is 0 Å². The molecule has 0 saturated carbocycles. The molecule has 9 heteroatoms. The first-order valence-electron chi connectivity index (χ1n) is 6.75. The lowest BCUT2D eigenvalue weighted by Gasteiger charge is -2.15. The molecule has 2 aromatic rings. The number of carbonyl (C=O) groups excluding carboxylic acids is 2. The number of alkyl halides is 3. The second kappa shape index (κ2) is 6.65. The van der Waals surface area contributed by atoms with E-state index in [0.717, 1.165) is 12.1 Å². The van der Waals surface area contributed by atoms with E-state index in [4.69, 9.17) is 0 Å². The highest BCUT2D eigenvalue weighted by Crippen LogP contribution is 2.36. The number of aromatic nitrogens is 2. The van der Waals surface area contributed by atoms with Crippen molar-refractivity contribution in [2.45, 2.75) is 20.0 Å². The van der Waals surface area contributed by atoms with Crippen LogP contribution in [0, 0.1) is 6.92 Å². The maximum atomic E-state index is 13.2. The Morgan fingerprint density at radius 3 is 2.33 bits per heavy atom. The average Bonchev–Trinajstić information content (AvgIpc) is 2.47. The number of benzene rings is 1. The number of anilines is 2. The SMILES string of the molecule is CC(=O)Nc1ccc(NC(=O)c2cnc(C)cn2)c(C(F)(F)F)c1. The predicted molar refractivity (Wildman–Crippen MR) is 80.5 cm³/mol. The summed E-state index contributed by atoms with van der Waals surface area (Å²) in [5, 5.41) is 4.42. The number of aryl methyl sites for hydroxylation is 1. The summed E-state index contributed by atoms with van der Waals surface area (Å²) in [5.41, 5.74) is -1.09. The highest BCUT2D eigenvalue weighted by atomic mass is 19.4. The van der Waals surface area contributed by atoms with Crippen molar-refractivity contribution in [2.75, 3.05) is 10.6 Å². The van der Waals surface area contributed by atoms with Crippen LogP contribution in [0.3, 0.4) is 0 Å². The van der Waals surface area contributed by atoms with Gasteiger partial charge in [0.1, 0.15) is 5.69 Å². The van der Waals surface area contributed by atoms with Crippen molar-refractivity contribution in [1.29, 1.82) is 0 Å². The second-order valence-corrected chi connectivity index (χ2v) is 4.94. The van der Waals surface area contributed by atoms with Crippen LogP contribution in [0.1, 0.15) is 28.7 Å². The molecular formula is C15H13F3N4O2. The number of amides is 2. The lowest BCUT2D eigenvalue weighted by molar-refractivity contribution is -0.137. The number of halogens is 3. The molecule has 2 amide bonds. The maximum absolute atomic E-state index is 13.2. The molecule has 0 atom stereocenters. The van der Waals surface area contributed by atoms with Crippen molar-refractivity contribution >= 4 is 23.2 Å². The van der Waals surface area contributed by atoms with Gasteiger partial charge in [0.15, 0.2) is 0 Å². The Morgan fingerprint density at radius 2 is 1.79 bits per heavy atom. The molecule has 126 valence electrons. The van der Waals surface area contributed by atoms with Gasteiger partial charge in [-0.2, -0.15) is 13.2 Å². The Labute approximate surface area is 135 Å². The lowest BCUT2D eigenvalue weighted by Crippen LogP contribution is -2.18. The summed E-state index contributed by atoms with van der Waals surface area (Å²) in [5.74, 6) is -1.32. The first-order chi connectivity index (χ1) is 11.2. The van der Waals surface area contributed by atoms with Gasteiger partial charge in [-0.15, -0.1) is 0 Å². The molecule has 0 fully saturated rings. The van der Waals surface area contributed by atoms with Crippen LogP contribution in [0.15, 0.2) is 30.6 Å². The largest absolute Gasteiger partial charge is 0.418 e. The van der Waals surface area contributed by atoms with Crippen LogP contribution in [-0.4, -0.2) is 21.8 Å². The van der Waals surface area contributed by atoms with E-state index < -0.39 is 29.2 Å². The summed E-state index contributed by atoms with van der Waals surface area (Å²) in [6, 6.07) is 3.07. The predicted octanol–water partition coefficient (Wildman–Crippen LogP) is 3.01. The molecule has 6 nitrogen and oxygen atoms in total. The van der Waals surface area contributed by atoms with Crippen molar-refractivity contribution in [1.82, 2.24) is 9.97 Å². The van der Waals surface area contributed by atoms with Crippen LogP contribution < -0.4 is 10.6 Å². The summed E-state index contributed by atoms with van der Waals surface area (Å²) in [4.78, 5) is 30.7. The number of hydrogen-bond donors (Lipinski definition) is 2. The van der Waals surface area contributed by atoms with E-state index in [1.165, 1.54) is 25.4 Å². The molecule has 0 saturated heterocycles. The molecule has 0 bridgehead atoms. The molecular weight excluding hydrogens is 325 g/mol. The fourth-order valence-electron chi connectivity index (χ4n) is 1.86. The molecule has 24 heavy (non-hydrogen) atoms. The van der Waals surface area contributed by atoms with Gasteiger partial charge in [-0.05, 0) is 25.1 Å². The van der Waals surface area contributed by atoms with Crippen LogP contribution >= 0.6 is 0 Å². The molecule has 0 aliphatic heterocycles. The van der Waals surface area contributed by atoms with E-state index in [1.54, 1.807) is 6.92 Å². The van der Waals surface area contributed by atoms with Crippen LogP contribution in [0.4, 0.5) is 24.5 Å². The molecule has 1 aromatic heterocycles. The third-order valence-corrected chi connectivity index (χ3v) is 2.91. The highest BCUT2D eigenvalue weighted by Gasteiger charge is 2.34. The smallest absolute Gasteiger partial charge is 0.326 e. The summed E-state index contributed by atoms with van der Waals surface area (Å²) in [6.45, 7) is 2.84. The molecule has 1 aromatic carbocycles. The van der Waals surface area contributed by atoms with Gasteiger partial charge >= 0.3 is 6.18 Å². The molecule has 1 heterocycles. The Hall–Kier alpha value is -2.97. The zero-order valence-corrected chi connectivity index (χ0v) is 12.7. The first-order valence-corrected chi connectivity index (χ1v) is 6.75. The fourth-order valence-corrected chi connectivity index (χ4v) is 1.86. The van der Waals surface area contributed by atoms with E-state index >= 15 is 0 Å². The average molecular weight is 338 g/mol. The van der Waals surface area contributed by atoms with E-state index in [1.807, 2.05) is 0 Å². The minimum Gasteiger partial charge on any atom is -0.326 e. The van der Waals surface area contributed by atoms with Gasteiger partial charge in [-0.3, -0.25) is 14.6 Å². The Morgan fingerprint density at radius 1 is 1.08 bits per heavy atom. The molecule has 2 N–H and O–H groups in total. The normalized spacial score (nSPS) is 11.0. The second-order valence-electron chi connectivity index (χ2n) is 4.94. The molecule has 0 unspecified atom stereocenters. The topological polar surface area (TPSA) is 84.0 Å². The highest BCUT2D eigenvalue weighted by molar-refractivity contribution is 6.03. The molecule has 2 rings (SSSR count). The van der Waals surface area contributed by atoms with E-state index in [9.17, 15) is 22.8 Å². The summed E-state index contributed by atoms with van der Waals surface area (Å²) < 4.78 is 39.5. The molecule has 0 aliphatic carbocycles. The van der Waals surface area contributed by atoms with Crippen molar-refractivity contribution in [3.63, 3.8) is 0 Å². The van der Waals surface area contributed by atoms with E-state index in [-0.39, 0.29) is 11.4 Å². The van der Waals surface area contributed by atoms with Crippen molar-refractivity contribution in [2.24, 2.45) is 0 Å². The standard InChI is InChI=1S/C15H13F3N4O2/c1-8-6-20-13(7-19-8)14(24)22-12-4-3-10(21-9(2)23)5-11(12)15(16,17)18/h3-7H,1-2H3,(H,21,23)(H,22,24). The van der Waals surface area contributed by atoms with Gasteiger partial charge in [0.2, 0.25) is 5.91 Å². The Balaban J connectivity index is 2.33. The molecule has 0 radical (unpaired) electrons. The van der Waals surface area contributed by atoms with Crippen LogP contribution in [-0.2, 0) is 11.0 Å². The number of carbonyl (C=O) groups is 2. The minimum atomic E-state index is -4.71. The zero-order chi connectivity index (χ0) is 17.9. The number of nitrogens with zero attached hydrogens (tertiary/aromatic N) is 2. The third kappa shape index (κ3) is 4.28. The van der Waals surface area contributed by atoms with Gasteiger partial charge in [-0.1, -0.05) is 0 Å². The van der Waals surface area contributed by atoms with E-state index in [2.05, 4.69) is 20.6 Å². The number of nitrogens with one attached hydrogen (secondary N) is 2. The summed E-state index contributed by atoms with van der Waals surface area (Å²) >= 11 is 0. The van der Waals surface area contributed by atoms with Gasteiger partial charge in [0.25, 0.3) is 5.91 Å². The molecule has 0 spiro atoms. The van der Waals surface area contributed by atoms with E-state index in [0.29, 0.717) is 5.69 Å². The minimum absolute atomic E-state index is 0.0250. The van der Waals surface area contributed by atoms with Crippen LogP contribution in [0.25, 0.3) is 0 Å². The van der Waals surface area contributed by atoms with Crippen molar-refractivity contribution < 1.29 is 22.8 Å². The maximum Gasteiger partial charge on any atom is 0.418 e. The van der Waals surface area contributed by atoms with Crippen molar-refractivity contribution in [3.8, 4) is 0 Å².